The maximum atomic E-state index is 8.86. The van der Waals surface area contributed by atoms with Crippen LogP contribution >= 0.6 is 0 Å². The highest BCUT2D eigenvalue weighted by Crippen LogP contribution is 2.21. The first-order valence-electron chi connectivity index (χ1n) is 5.61. The average Bonchev–Trinajstić information content (AvgIpc) is 2.39. The summed E-state index contributed by atoms with van der Waals surface area (Å²) >= 11 is 0. The number of ether oxygens (including phenoxy) is 1. The van der Waals surface area contributed by atoms with Crippen LogP contribution in [-0.2, 0) is 4.74 Å². The molecule has 1 aliphatic rings. The quantitative estimate of drug-likeness (QED) is 0.758. The second kappa shape index (κ2) is 5.11. The molecule has 1 fully saturated rings. The number of rotatable bonds is 2. The molecule has 0 N–H and O–H groups in total. The summed E-state index contributed by atoms with van der Waals surface area (Å²) in [6, 6.07) is 12.9. The molecule has 84 valence electrons. The van der Waals surface area contributed by atoms with Gasteiger partial charge in [-0.25, -0.2) is 0 Å². The van der Waals surface area contributed by atoms with E-state index in [4.69, 9.17) is 10.00 Å². The minimum Gasteiger partial charge on any atom is -0.361 e. The van der Waals surface area contributed by atoms with Crippen molar-refractivity contribution < 1.29 is 4.74 Å². The fourth-order valence-electron chi connectivity index (χ4n) is 2.04. The molecule has 0 saturated carbocycles. The number of nitrogens with zero attached hydrogens (tertiary/aromatic N) is 2. The zero-order chi connectivity index (χ0) is 11.4. The first kappa shape index (κ1) is 11.1. The van der Waals surface area contributed by atoms with E-state index < -0.39 is 0 Å². The van der Waals surface area contributed by atoms with Gasteiger partial charge >= 0.3 is 0 Å². The second-order valence-corrected chi connectivity index (χ2v) is 4.07. The highest BCUT2D eigenvalue weighted by molar-refractivity contribution is 5.18. The molecule has 1 unspecified atom stereocenters. The van der Waals surface area contributed by atoms with Gasteiger partial charge in [0.1, 0.15) is 0 Å². The number of nitriles is 1. The van der Waals surface area contributed by atoms with Gasteiger partial charge < -0.3 is 4.74 Å². The summed E-state index contributed by atoms with van der Waals surface area (Å²) in [6.07, 6.45) is -0.278. The number of morpholine rings is 1. The molecule has 1 aromatic rings. The predicted molar refractivity (Wildman–Crippen MR) is 61.8 cm³/mol. The van der Waals surface area contributed by atoms with Crippen molar-refractivity contribution in [1.29, 1.82) is 5.26 Å². The lowest BCUT2D eigenvalue weighted by atomic mass is 10.1. The van der Waals surface area contributed by atoms with E-state index in [-0.39, 0.29) is 6.10 Å². The Kier molecular flexibility index (Phi) is 3.55. The van der Waals surface area contributed by atoms with Gasteiger partial charge in [0.05, 0.1) is 12.7 Å². The first-order chi connectivity index (χ1) is 7.81. The zero-order valence-electron chi connectivity index (χ0n) is 9.47. The van der Waals surface area contributed by atoms with Crippen molar-refractivity contribution in [2.75, 3.05) is 19.7 Å². The van der Waals surface area contributed by atoms with E-state index in [1.54, 1.807) is 0 Å². The third-order valence-electron chi connectivity index (χ3n) is 3.07. The lowest BCUT2D eigenvalue weighted by Gasteiger charge is -2.34. The Hall–Kier alpha value is -1.37. The summed E-state index contributed by atoms with van der Waals surface area (Å²) < 4.78 is 5.34. The molecule has 1 aromatic carbocycles. The standard InChI is InChI=1S/C13H16N2O/c1-11(12-5-3-2-4-6-12)15-7-8-16-13(9-14)10-15/h2-6,11,13H,7-8,10H2,1H3/t11-,13?/m0/s1. The summed E-state index contributed by atoms with van der Waals surface area (Å²) in [5, 5.41) is 8.86. The fraction of sp³-hybridized carbons (Fsp3) is 0.462. The SMILES string of the molecule is C[C@@H](c1ccccc1)N1CCOC(C#N)C1. The molecular formula is C13H16N2O. The van der Waals surface area contributed by atoms with Crippen molar-refractivity contribution in [2.45, 2.75) is 19.1 Å². The van der Waals surface area contributed by atoms with Crippen molar-refractivity contribution in [3.63, 3.8) is 0 Å². The Morgan fingerprint density at radius 1 is 1.44 bits per heavy atom. The number of hydrogen-bond donors (Lipinski definition) is 0. The van der Waals surface area contributed by atoms with Crippen LogP contribution in [0.5, 0.6) is 0 Å². The van der Waals surface area contributed by atoms with E-state index in [9.17, 15) is 0 Å². The Labute approximate surface area is 96.2 Å². The van der Waals surface area contributed by atoms with Crippen molar-refractivity contribution in [3.8, 4) is 6.07 Å². The summed E-state index contributed by atoms with van der Waals surface area (Å²) in [7, 11) is 0. The van der Waals surface area contributed by atoms with Gasteiger partial charge in [-0.2, -0.15) is 5.26 Å². The van der Waals surface area contributed by atoms with E-state index in [2.05, 4.69) is 30.0 Å². The van der Waals surface area contributed by atoms with Gasteiger partial charge in [-0.05, 0) is 12.5 Å². The smallest absolute Gasteiger partial charge is 0.156 e. The van der Waals surface area contributed by atoms with E-state index in [0.29, 0.717) is 19.2 Å². The second-order valence-electron chi connectivity index (χ2n) is 4.07. The van der Waals surface area contributed by atoms with Crippen LogP contribution in [0, 0.1) is 11.3 Å². The third-order valence-corrected chi connectivity index (χ3v) is 3.07. The molecule has 3 heteroatoms. The highest BCUT2D eigenvalue weighted by Gasteiger charge is 2.24. The van der Waals surface area contributed by atoms with Gasteiger partial charge in [0.15, 0.2) is 6.10 Å². The molecule has 3 nitrogen and oxygen atoms in total. The Morgan fingerprint density at radius 3 is 2.88 bits per heavy atom. The molecule has 0 bridgehead atoms. The van der Waals surface area contributed by atoms with Gasteiger partial charge in [-0.1, -0.05) is 30.3 Å². The van der Waals surface area contributed by atoms with Crippen molar-refractivity contribution in [2.24, 2.45) is 0 Å². The molecule has 1 aliphatic heterocycles. The van der Waals surface area contributed by atoms with Crippen LogP contribution < -0.4 is 0 Å². The fourth-order valence-corrected chi connectivity index (χ4v) is 2.04. The Bertz CT molecular complexity index is 371. The summed E-state index contributed by atoms with van der Waals surface area (Å²) in [5.41, 5.74) is 1.29. The lowest BCUT2D eigenvalue weighted by Crippen LogP contribution is -2.42. The Balaban J connectivity index is 2.05. The van der Waals surface area contributed by atoms with Crippen molar-refractivity contribution >= 4 is 0 Å². The monoisotopic (exact) mass is 216 g/mol. The van der Waals surface area contributed by atoms with Crippen LogP contribution in [0.25, 0.3) is 0 Å². The lowest BCUT2D eigenvalue weighted by molar-refractivity contribution is -0.0146. The van der Waals surface area contributed by atoms with Crippen LogP contribution in [0.2, 0.25) is 0 Å². The van der Waals surface area contributed by atoms with Crippen LogP contribution in [-0.4, -0.2) is 30.7 Å². The maximum absolute atomic E-state index is 8.86. The molecule has 0 aromatic heterocycles. The van der Waals surface area contributed by atoms with Gasteiger partial charge in [0.25, 0.3) is 0 Å². The summed E-state index contributed by atoms with van der Waals surface area (Å²) in [5.74, 6) is 0. The molecule has 0 aliphatic carbocycles. The van der Waals surface area contributed by atoms with Crippen LogP contribution in [0.1, 0.15) is 18.5 Å². The zero-order valence-corrected chi connectivity index (χ0v) is 9.47. The van der Waals surface area contributed by atoms with E-state index in [0.717, 1.165) is 6.54 Å². The maximum Gasteiger partial charge on any atom is 0.156 e. The molecule has 0 radical (unpaired) electrons. The largest absolute Gasteiger partial charge is 0.361 e. The topological polar surface area (TPSA) is 36.3 Å². The predicted octanol–water partition coefficient (Wildman–Crippen LogP) is 1.97. The molecular weight excluding hydrogens is 200 g/mol. The van der Waals surface area contributed by atoms with Gasteiger partial charge in [0.2, 0.25) is 0 Å². The molecule has 0 spiro atoms. The summed E-state index contributed by atoms with van der Waals surface area (Å²) in [6.45, 7) is 4.42. The van der Waals surface area contributed by atoms with Gasteiger partial charge in [0, 0.05) is 19.1 Å². The average molecular weight is 216 g/mol. The normalized spacial score (nSPS) is 23.6. The Morgan fingerprint density at radius 2 is 2.19 bits per heavy atom. The van der Waals surface area contributed by atoms with Crippen LogP contribution in [0.4, 0.5) is 0 Å². The molecule has 1 heterocycles. The van der Waals surface area contributed by atoms with Crippen molar-refractivity contribution in [3.05, 3.63) is 35.9 Å². The van der Waals surface area contributed by atoms with Gasteiger partial charge in [-0.15, -0.1) is 0 Å². The molecule has 1 saturated heterocycles. The van der Waals surface area contributed by atoms with E-state index in [1.165, 1.54) is 5.56 Å². The van der Waals surface area contributed by atoms with Crippen LogP contribution in [0.3, 0.4) is 0 Å². The number of benzene rings is 1. The highest BCUT2D eigenvalue weighted by atomic mass is 16.5. The van der Waals surface area contributed by atoms with Crippen LogP contribution in [0.15, 0.2) is 30.3 Å². The molecule has 2 atom stereocenters. The first-order valence-corrected chi connectivity index (χ1v) is 5.61. The van der Waals surface area contributed by atoms with E-state index in [1.807, 2.05) is 18.2 Å². The molecule has 2 rings (SSSR count). The van der Waals surface area contributed by atoms with Gasteiger partial charge in [-0.3, -0.25) is 4.90 Å². The molecule has 16 heavy (non-hydrogen) atoms. The molecule has 0 amide bonds. The minimum atomic E-state index is -0.278. The minimum absolute atomic E-state index is 0.278. The van der Waals surface area contributed by atoms with E-state index >= 15 is 0 Å². The summed E-state index contributed by atoms with van der Waals surface area (Å²) in [4.78, 5) is 2.30. The van der Waals surface area contributed by atoms with Crippen molar-refractivity contribution in [1.82, 2.24) is 4.90 Å². The third kappa shape index (κ3) is 2.41. The number of hydrogen-bond acceptors (Lipinski definition) is 3.